The molecule has 1 fully saturated rings. The van der Waals surface area contributed by atoms with Crippen LogP contribution in [-0.4, -0.2) is 34.6 Å². The molecule has 5 heteroatoms. The molecule has 0 bridgehead atoms. The van der Waals surface area contributed by atoms with Crippen molar-refractivity contribution in [1.82, 2.24) is 15.0 Å². The van der Waals surface area contributed by atoms with Crippen molar-refractivity contribution in [2.75, 3.05) is 24.6 Å². The number of benzene rings is 1. The van der Waals surface area contributed by atoms with E-state index in [9.17, 15) is 0 Å². The van der Waals surface area contributed by atoms with E-state index in [2.05, 4.69) is 57.1 Å². The van der Waals surface area contributed by atoms with Gasteiger partial charge < -0.3 is 14.6 Å². The lowest BCUT2D eigenvalue weighted by Gasteiger charge is -2.44. The maximum absolute atomic E-state index is 6.42. The van der Waals surface area contributed by atoms with Crippen LogP contribution in [-0.2, 0) is 23.2 Å². The van der Waals surface area contributed by atoms with Crippen LogP contribution in [0.25, 0.3) is 10.9 Å². The second-order valence-electron chi connectivity index (χ2n) is 7.72. The zero-order chi connectivity index (χ0) is 18.4. The molecule has 1 aromatic carbocycles. The van der Waals surface area contributed by atoms with Gasteiger partial charge in [0.2, 0.25) is 0 Å². The molecule has 1 spiro atoms. The number of aryl methyl sites for hydroxylation is 2. The van der Waals surface area contributed by atoms with Crippen LogP contribution in [0.4, 0.5) is 5.82 Å². The smallest absolute Gasteiger partial charge is 0.132 e. The highest BCUT2D eigenvalue weighted by Crippen LogP contribution is 2.43. The standard InChI is InChI=1S/C22H26N4O/c1-3-16-14-20(24-15(2)23-16)26-11-9-22(10-12-26)21-18(8-13-27-22)17-6-4-5-7-19(17)25-21/h4-7,14,25H,3,8-13H2,1-2H3. The molecule has 0 atom stereocenters. The third-order valence-electron chi connectivity index (χ3n) is 6.13. The van der Waals surface area contributed by atoms with Gasteiger partial charge in [-0.05, 0) is 44.2 Å². The molecule has 0 unspecified atom stereocenters. The summed E-state index contributed by atoms with van der Waals surface area (Å²) >= 11 is 0. The molecule has 5 nitrogen and oxygen atoms in total. The molecule has 1 N–H and O–H groups in total. The van der Waals surface area contributed by atoms with E-state index in [1.54, 1.807) is 0 Å². The van der Waals surface area contributed by atoms with E-state index in [1.165, 1.54) is 22.2 Å². The fourth-order valence-corrected chi connectivity index (χ4v) is 4.72. The third kappa shape index (κ3) is 2.72. The van der Waals surface area contributed by atoms with E-state index in [4.69, 9.17) is 4.74 Å². The van der Waals surface area contributed by atoms with Crippen molar-refractivity contribution in [3.63, 3.8) is 0 Å². The number of aromatic nitrogens is 3. The maximum atomic E-state index is 6.42. The number of ether oxygens (including phenoxy) is 1. The number of piperidine rings is 1. The average Bonchev–Trinajstić information content (AvgIpc) is 3.09. The van der Waals surface area contributed by atoms with Crippen LogP contribution in [0.3, 0.4) is 0 Å². The highest BCUT2D eigenvalue weighted by atomic mass is 16.5. The highest BCUT2D eigenvalue weighted by Gasteiger charge is 2.43. The van der Waals surface area contributed by atoms with Crippen LogP contribution >= 0.6 is 0 Å². The normalized spacial score (nSPS) is 18.8. The molecule has 140 valence electrons. The summed E-state index contributed by atoms with van der Waals surface area (Å²) in [6.45, 7) is 6.84. The van der Waals surface area contributed by atoms with Crippen LogP contribution in [0.5, 0.6) is 0 Å². The Morgan fingerprint density at radius 3 is 2.81 bits per heavy atom. The van der Waals surface area contributed by atoms with Gasteiger partial charge in [-0.3, -0.25) is 0 Å². The minimum Gasteiger partial charge on any atom is -0.368 e. The van der Waals surface area contributed by atoms with Crippen molar-refractivity contribution in [1.29, 1.82) is 0 Å². The monoisotopic (exact) mass is 362 g/mol. The van der Waals surface area contributed by atoms with Gasteiger partial charge in [0.25, 0.3) is 0 Å². The Morgan fingerprint density at radius 2 is 2.00 bits per heavy atom. The number of H-pyrrole nitrogens is 1. The van der Waals surface area contributed by atoms with E-state index in [0.29, 0.717) is 0 Å². The predicted octanol–water partition coefficient (Wildman–Crippen LogP) is 3.90. The number of anilines is 1. The lowest BCUT2D eigenvalue weighted by atomic mass is 9.83. The SMILES string of the molecule is CCc1cc(N2CCC3(CC2)OCCc2c3[nH]c3ccccc23)nc(C)n1. The average molecular weight is 362 g/mol. The first-order valence-electron chi connectivity index (χ1n) is 10.0. The lowest BCUT2D eigenvalue weighted by molar-refractivity contribution is -0.0791. The van der Waals surface area contributed by atoms with Crippen LogP contribution < -0.4 is 4.90 Å². The van der Waals surface area contributed by atoms with E-state index in [-0.39, 0.29) is 5.60 Å². The molecule has 0 saturated carbocycles. The molecule has 27 heavy (non-hydrogen) atoms. The fourth-order valence-electron chi connectivity index (χ4n) is 4.72. The molecule has 3 aromatic rings. The molecule has 5 rings (SSSR count). The van der Waals surface area contributed by atoms with Gasteiger partial charge >= 0.3 is 0 Å². The Kier molecular flexibility index (Phi) is 3.93. The molecular weight excluding hydrogens is 336 g/mol. The van der Waals surface area contributed by atoms with Crippen LogP contribution in [0, 0.1) is 6.92 Å². The number of para-hydroxylation sites is 1. The summed E-state index contributed by atoms with van der Waals surface area (Å²) in [6.07, 6.45) is 3.90. The Labute approximate surface area is 159 Å². The topological polar surface area (TPSA) is 54.0 Å². The van der Waals surface area contributed by atoms with Gasteiger partial charge in [-0.15, -0.1) is 0 Å². The Bertz CT molecular complexity index is 985. The number of hydrogen-bond donors (Lipinski definition) is 1. The molecular formula is C22H26N4O. The number of fused-ring (bicyclic) bond motifs is 4. The minimum atomic E-state index is -0.182. The van der Waals surface area contributed by atoms with Crippen molar-refractivity contribution < 1.29 is 4.74 Å². The molecule has 2 aliphatic rings. The van der Waals surface area contributed by atoms with Crippen molar-refractivity contribution >= 4 is 16.7 Å². The number of rotatable bonds is 2. The second kappa shape index (κ2) is 6.34. The largest absolute Gasteiger partial charge is 0.368 e. The van der Waals surface area contributed by atoms with Gasteiger partial charge in [0.1, 0.15) is 17.2 Å². The first-order chi connectivity index (χ1) is 13.2. The van der Waals surface area contributed by atoms with Gasteiger partial charge in [-0.1, -0.05) is 25.1 Å². The summed E-state index contributed by atoms with van der Waals surface area (Å²) in [6, 6.07) is 10.8. The van der Waals surface area contributed by atoms with Gasteiger partial charge in [-0.2, -0.15) is 0 Å². The van der Waals surface area contributed by atoms with E-state index in [0.717, 1.165) is 62.7 Å². The summed E-state index contributed by atoms with van der Waals surface area (Å²) in [5.74, 6) is 1.92. The molecule has 2 aliphatic heterocycles. The van der Waals surface area contributed by atoms with Crippen LogP contribution in [0.15, 0.2) is 30.3 Å². The number of aromatic amines is 1. The summed E-state index contributed by atoms with van der Waals surface area (Å²) in [7, 11) is 0. The zero-order valence-electron chi connectivity index (χ0n) is 16.1. The molecule has 0 amide bonds. The van der Waals surface area contributed by atoms with Crippen molar-refractivity contribution in [2.24, 2.45) is 0 Å². The predicted molar refractivity (Wildman–Crippen MR) is 107 cm³/mol. The van der Waals surface area contributed by atoms with Gasteiger partial charge in [-0.25, -0.2) is 9.97 Å². The summed E-state index contributed by atoms with van der Waals surface area (Å²) in [4.78, 5) is 15.3. The van der Waals surface area contributed by atoms with Crippen molar-refractivity contribution in [2.45, 2.75) is 45.1 Å². The van der Waals surface area contributed by atoms with Gasteiger partial charge in [0, 0.05) is 35.8 Å². The van der Waals surface area contributed by atoms with Gasteiger partial charge in [0.15, 0.2) is 0 Å². The lowest BCUT2D eigenvalue weighted by Crippen LogP contribution is -2.47. The minimum absolute atomic E-state index is 0.182. The van der Waals surface area contributed by atoms with E-state index >= 15 is 0 Å². The molecule has 0 radical (unpaired) electrons. The summed E-state index contributed by atoms with van der Waals surface area (Å²) in [5.41, 5.74) is 4.93. The summed E-state index contributed by atoms with van der Waals surface area (Å²) in [5, 5.41) is 1.36. The molecule has 4 heterocycles. The number of nitrogens with one attached hydrogen (secondary N) is 1. The number of nitrogens with zero attached hydrogens (tertiary/aromatic N) is 3. The molecule has 0 aliphatic carbocycles. The molecule has 1 saturated heterocycles. The van der Waals surface area contributed by atoms with Crippen molar-refractivity contribution in [3.8, 4) is 0 Å². The molecule has 2 aromatic heterocycles. The maximum Gasteiger partial charge on any atom is 0.132 e. The Balaban J connectivity index is 1.45. The fraction of sp³-hybridized carbons (Fsp3) is 0.455. The third-order valence-corrected chi connectivity index (χ3v) is 6.13. The highest BCUT2D eigenvalue weighted by molar-refractivity contribution is 5.85. The Morgan fingerprint density at radius 1 is 1.19 bits per heavy atom. The van der Waals surface area contributed by atoms with E-state index < -0.39 is 0 Å². The van der Waals surface area contributed by atoms with E-state index in [1.807, 2.05) is 6.92 Å². The van der Waals surface area contributed by atoms with Crippen LogP contribution in [0.2, 0.25) is 0 Å². The van der Waals surface area contributed by atoms with Crippen molar-refractivity contribution in [3.05, 3.63) is 53.1 Å². The second-order valence-corrected chi connectivity index (χ2v) is 7.72. The van der Waals surface area contributed by atoms with Gasteiger partial charge in [0.05, 0.1) is 12.3 Å². The number of hydrogen-bond acceptors (Lipinski definition) is 4. The van der Waals surface area contributed by atoms with Crippen LogP contribution in [0.1, 0.15) is 42.5 Å². The first-order valence-corrected chi connectivity index (χ1v) is 10.0. The summed E-state index contributed by atoms with van der Waals surface area (Å²) < 4.78 is 6.42. The zero-order valence-corrected chi connectivity index (χ0v) is 16.1. The first kappa shape index (κ1) is 16.8. The Hall–Kier alpha value is -2.40. The quantitative estimate of drug-likeness (QED) is 0.751.